The van der Waals surface area contributed by atoms with Crippen molar-refractivity contribution >= 4 is 0 Å². The van der Waals surface area contributed by atoms with Gasteiger partial charge in [0, 0.05) is 6.54 Å². The average molecular weight is 226 g/mol. The fourth-order valence-corrected chi connectivity index (χ4v) is 3.04. The van der Waals surface area contributed by atoms with Gasteiger partial charge in [-0.3, -0.25) is 0 Å². The Kier molecular flexibility index (Phi) is 6.37. The molecule has 0 amide bonds. The lowest BCUT2D eigenvalue weighted by Gasteiger charge is -2.36. The summed E-state index contributed by atoms with van der Waals surface area (Å²) in [6, 6.07) is 0. The minimum absolute atomic E-state index is 0.432. The van der Waals surface area contributed by atoms with Gasteiger partial charge in [0.1, 0.15) is 0 Å². The largest absolute Gasteiger partial charge is 0.330 e. The Morgan fingerprint density at radius 2 is 1.69 bits per heavy atom. The smallest absolute Gasteiger partial charge is 0.00499 e. The molecule has 0 radical (unpaired) electrons. The second kappa shape index (κ2) is 7.29. The highest BCUT2D eigenvalue weighted by atomic mass is 15.1. The van der Waals surface area contributed by atoms with Gasteiger partial charge in [0.15, 0.2) is 0 Å². The zero-order valence-electron chi connectivity index (χ0n) is 11.3. The van der Waals surface area contributed by atoms with E-state index in [9.17, 15) is 0 Å². The predicted octanol–water partition coefficient (Wildman–Crippen LogP) is 3.02. The Labute approximate surface area is 102 Å². The van der Waals surface area contributed by atoms with Crippen molar-refractivity contribution < 1.29 is 0 Å². The maximum absolute atomic E-state index is 6.08. The summed E-state index contributed by atoms with van der Waals surface area (Å²) in [5.74, 6) is 0. The summed E-state index contributed by atoms with van der Waals surface area (Å²) in [6.45, 7) is 9.07. The number of rotatable bonds is 6. The van der Waals surface area contributed by atoms with Crippen LogP contribution in [0.3, 0.4) is 0 Å². The molecular formula is C14H30N2. The summed E-state index contributed by atoms with van der Waals surface area (Å²) >= 11 is 0. The highest BCUT2D eigenvalue weighted by Crippen LogP contribution is 2.34. The van der Waals surface area contributed by atoms with Crippen LogP contribution in [0.4, 0.5) is 0 Å². The van der Waals surface area contributed by atoms with Crippen LogP contribution >= 0.6 is 0 Å². The van der Waals surface area contributed by atoms with Gasteiger partial charge in [-0.1, -0.05) is 39.5 Å². The van der Waals surface area contributed by atoms with E-state index in [-0.39, 0.29) is 0 Å². The molecule has 1 rings (SSSR count). The molecule has 0 unspecified atom stereocenters. The minimum atomic E-state index is 0.432. The van der Waals surface area contributed by atoms with Crippen LogP contribution in [0.1, 0.15) is 58.8 Å². The first-order valence-electron chi connectivity index (χ1n) is 7.19. The molecular weight excluding hydrogens is 196 g/mol. The monoisotopic (exact) mass is 226 g/mol. The quantitative estimate of drug-likeness (QED) is 0.705. The molecule has 0 atom stereocenters. The lowest BCUT2D eigenvalue weighted by molar-refractivity contribution is 0.140. The zero-order chi connectivity index (χ0) is 11.9. The van der Waals surface area contributed by atoms with Gasteiger partial charge in [-0.25, -0.2) is 0 Å². The Morgan fingerprint density at radius 1 is 1.06 bits per heavy atom. The molecule has 2 nitrogen and oxygen atoms in total. The van der Waals surface area contributed by atoms with Crippen molar-refractivity contribution in [3.8, 4) is 0 Å². The molecule has 0 spiro atoms. The van der Waals surface area contributed by atoms with E-state index in [1.165, 1.54) is 64.6 Å². The van der Waals surface area contributed by atoms with Gasteiger partial charge >= 0.3 is 0 Å². The maximum Gasteiger partial charge on any atom is 0.00499 e. The van der Waals surface area contributed by atoms with Gasteiger partial charge in [0.25, 0.3) is 0 Å². The van der Waals surface area contributed by atoms with Crippen molar-refractivity contribution in [1.82, 2.24) is 4.90 Å². The molecule has 0 aliphatic heterocycles. The van der Waals surface area contributed by atoms with Crippen LogP contribution in [0.2, 0.25) is 0 Å². The highest BCUT2D eigenvalue weighted by molar-refractivity contribution is 4.85. The van der Waals surface area contributed by atoms with Crippen molar-refractivity contribution in [3.63, 3.8) is 0 Å². The second-order valence-corrected chi connectivity index (χ2v) is 5.49. The van der Waals surface area contributed by atoms with Crippen LogP contribution < -0.4 is 5.73 Å². The van der Waals surface area contributed by atoms with Crippen molar-refractivity contribution in [2.45, 2.75) is 58.8 Å². The summed E-state index contributed by atoms with van der Waals surface area (Å²) in [5.41, 5.74) is 6.51. The van der Waals surface area contributed by atoms with Crippen LogP contribution in [0.25, 0.3) is 0 Å². The van der Waals surface area contributed by atoms with E-state index in [0.717, 1.165) is 6.54 Å². The standard InChI is InChI=1S/C14H30N2/c1-3-11-16(4-2)13-14(12-15)9-7-5-6-8-10-14/h3-13,15H2,1-2H3. The molecule has 1 saturated carbocycles. The van der Waals surface area contributed by atoms with Gasteiger partial charge in [-0.05, 0) is 44.3 Å². The summed E-state index contributed by atoms with van der Waals surface area (Å²) in [7, 11) is 0. The molecule has 16 heavy (non-hydrogen) atoms. The molecule has 0 bridgehead atoms. The van der Waals surface area contributed by atoms with Crippen molar-refractivity contribution in [1.29, 1.82) is 0 Å². The third-order valence-corrected chi connectivity index (χ3v) is 4.14. The Balaban J connectivity index is 2.55. The van der Waals surface area contributed by atoms with Crippen molar-refractivity contribution in [3.05, 3.63) is 0 Å². The first kappa shape index (κ1) is 14.0. The van der Waals surface area contributed by atoms with E-state index < -0.39 is 0 Å². The first-order chi connectivity index (χ1) is 7.76. The van der Waals surface area contributed by atoms with Gasteiger partial charge in [0.2, 0.25) is 0 Å². The molecule has 0 aromatic carbocycles. The lowest BCUT2D eigenvalue weighted by atomic mass is 9.80. The third-order valence-electron chi connectivity index (χ3n) is 4.14. The second-order valence-electron chi connectivity index (χ2n) is 5.49. The fraction of sp³-hybridized carbons (Fsp3) is 1.00. The van der Waals surface area contributed by atoms with E-state index in [2.05, 4.69) is 18.7 Å². The fourth-order valence-electron chi connectivity index (χ4n) is 3.04. The van der Waals surface area contributed by atoms with Crippen LogP contribution in [-0.2, 0) is 0 Å². The zero-order valence-corrected chi connectivity index (χ0v) is 11.3. The molecule has 2 heteroatoms. The molecule has 1 aliphatic carbocycles. The van der Waals surface area contributed by atoms with Crippen LogP contribution in [0.15, 0.2) is 0 Å². The third kappa shape index (κ3) is 4.06. The van der Waals surface area contributed by atoms with Gasteiger partial charge in [-0.15, -0.1) is 0 Å². The van der Waals surface area contributed by atoms with E-state index in [4.69, 9.17) is 5.73 Å². The summed E-state index contributed by atoms with van der Waals surface area (Å²) in [5, 5.41) is 0. The number of nitrogens with two attached hydrogens (primary N) is 1. The molecule has 0 saturated heterocycles. The minimum Gasteiger partial charge on any atom is -0.330 e. The van der Waals surface area contributed by atoms with Crippen LogP contribution in [-0.4, -0.2) is 31.1 Å². The van der Waals surface area contributed by atoms with Crippen molar-refractivity contribution in [2.24, 2.45) is 11.1 Å². The van der Waals surface area contributed by atoms with Crippen molar-refractivity contribution in [2.75, 3.05) is 26.2 Å². The normalized spacial score (nSPS) is 21.0. The van der Waals surface area contributed by atoms with Crippen LogP contribution in [0.5, 0.6) is 0 Å². The predicted molar refractivity (Wildman–Crippen MR) is 71.6 cm³/mol. The SMILES string of the molecule is CCCN(CC)CC1(CN)CCCCCC1. The molecule has 96 valence electrons. The van der Waals surface area contributed by atoms with Crippen LogP contribution in [0, 0.1) is 5.41 Å². The summed E-state index contributed by atoms with van der Waals surface area (Å²) < 4.78 is 0. The van der Waals surface area contributed by atoms with Gasteiger partial charge in [0.05, 0.1) is 0 Å². The Hall–Kier alpha value is -0.0800. The molecule has 0 aromatic rings. The number of hydrogen-bond acceptors (Lipinski definition) is 2. The topological polar surface area (TPSA) is 29.3 Å². The highest BCUT2D eigenvalue weighted by Gasteiger charge is 2.30. The van der Waals surface area contributed by atoms with Gasteiger partial charge in [-0.2, -0.15) is 0 Å². The Morgan fingerprint density at radius 3 is 2.12 bits per heavy atom. The summed E-state index contributed by atoms with van der Waals surface area (Å²) in [6.07, 6.45) is 9.58. The molecule has 1 aliphatic rings. The molecule has 2 N–H and O–H groups in total. The molecule has 0 aromatic heterocycles. The number of nitrogens with zero attached hydrogens (tertiary/aromatic N) is 1. The average Bonchev–Trinajstić information content (AvgIpc) is 2.55. The van der Waals surface area contributed by atoms with E-state index >= 15 is 0 Å². The maximum atomic E-state index is 6.08. The summed E-state index contributed by atoms with van der Waals surface area (Å²) in [4.78, 5) is 2.60. The van der Waals surface area contributed by atoms with E-state index in [0.29, 0.717) is 5.41 Å². The van der Waals surface area contributed by atoms with Gasteiger partial charge < -0.3 is 10.6 Å². The lowest BCUT2D eigenvalue weighted by Crippen LogP contribution is -2.42. The molecule has 0 heterocycles. The Bertz CT molecular complexity index is 172. The number of hydrogen-bond donors (Lipinski definition) is 1. The molecule has 1 fully saturated rings. The van der Waals surface area contributed by atoms with E-state index in [1.807, 2.05) is 0 Å². The first-order valence-corrected chi connectivity index (χ1v) is 7.19. The van der Waals surface area contributed by atoms with E-state index in [1.54, 1.807) is 0 Å².